The van der Waals surface area contributed by atoms with Crippen molar-refractivity contribution in [3.8, 4) is 0 Å². The fourth-order valence-electron chi connectivity index (χ4n) is 2.21. The summed E-state index contributed by atoms with van der Waals surface area (Å²) in [5, 5.41) is 0. The van der Waals surface area contributed by atoms with Crippen LogP contribution in [0.1, 0.15) is 20.3 Å². The minimum Gasteiger partial charge on any atom is -0.348 e. The molecular formula is C14H28N4O2. The molecule has 20 heavy (non-hydrogen) atoms. The first kappa shape index (κ1) is 16.9. The maximum Gasteiger partial charge on any atom is 0.236 e. The van der Waals surface area contributed by atoms with Crippen LogP contribution >= 0.6 is 0 Å². The summed E-state index contributed by atoms with van der Waals surface area (Å²) in [5.41, 5.74) is 5.29. The first-order valence-electron chi connectivity index (χ1n) is 7.26. The standard InChI is InChI=1S/C14H28N4O2/c1-5-14(2,11-15)13(20)18-8-6-17(7-9-18)10-12(19)16(3)4/h5-11,15H2,1-4H3. The van der Waals surface area contributed by atoms with Crippen molar-refractivity contribution >= 4 is 11.8 Å². The van der Waals surface area contributed by atoms with Gasteiger partial charge in [-0.2, -0.15) is 0 Å². The first-order valence-corrected chi connectivity index (χ1v) is 7.26. The van der Waals surface area contributed by atoms with E-state index in [1.807, 2.05) is 18.7 Å². The molecule has 1 fully saturated rings. The summed E-state index contributed by atoms with van der Waals surface area (Å²) in [6, 6.07) is 0. The molecule has 0 radical (unpaired) electrons. The smallest absolute Gasteiger partial charge is 0.236 e. The van der Waals surface area contributed by atoms with Crippen LogP contribution in [0.5, 0.6) is 0 Å². The summed E-state index contributed by atoms with van der Waals surface area (Å²) < 4.78 is 0. The number of nitrogens with two attached hydrogens (primary N) is 1. The van der Waals surface area contributed by atoms with E-state index in [9.17, 15) is 9.59 Å². The summed E-state index contributed by atoms with van der Waals surface area (Å²) in [6.07, 6.45) is 0.752. The van der Waals surface area contributed by atoms with Crippen LogP contribution in [-0.2, 0) is 9.59 Å². The molecule has 0 aliphatic carbocycles. The molecule has 6 nitrogen and oxygen atoms in total. The molecule has 0 bridgehead atoms. The fraction of sp³-hybridized carbons (Fsp3) is 0.857. The van der Waals surface area contributed by atoms with Gasteiger partial charge in [0.15, 0.2) is 0 Å². The van der Waals surface area contributed by atoms with Crippen molar-refractivity contribution in [2.24, 2.45) is 11.1 Å². The summed E-state index contributed by atoms with van der Waals surface area (Å²) in [7, 11) is 3.52. The van der Waals surface area contributed by atoms with Crippen molar-refractivity contribution in [2.45, 2.75) is 20.3 Å². The fourth-order valence-corrected chi connectivity index (χ4v) is 2.21. The third-order valence-electron chi connectivity index (χ3n) is 4.26. The molecule has 0 saturated carbocycles. The van der Waals surface area contributed by atoms with Gasteiger partial charge in [-0.1, -0.05) is 6.92 Å². The summed E-state index contributed by atoms with van der Waals surface area (Å²) in [5.74, 6) is 0.242. The number of nitrogens with zero attached hydrogens (tertiary/aromatic N) is 3. The van der Waals surface area contributed by atoms with Gasteiger partial charge in [0.05, 0.1) is 12.0 Å². The van der Waals surface area contributed by atoms with Crippen molar-refractivity contribution in [3.05, 3.63) is 0 Å². The average molecular weight is 284 g/mol. The Kier molecular flexibility index (Phi) is 5.95. The lowest BCUT2D eigenvalue weighted by atomic mass is 9.86. The third-order valence-corrected chi connectivity index (χ3v) is 4.26. The summed E-state index contributed by atoms with van der Waals surface area (Å²) >= 11 is 0. The number of carbonyl (C=O) groups is 2. The van der Waals surface area contributed by atoms with E-state index in [2.05, 4.69) is 4.90 Å². The highest BCUT2D eigenvalue weighted by Gasteiger charge is 2.35. The maximum absolute atomic E-state index is 12.5. The largest absolute Gasteiger partial charge is 0.348 e. The lowest BCUT2D eigenvalue weighted by Crippen LogP contribution is -2.55. The van der Waals surface area contributed by atoms with Crippen LogP contribution in [0.15, 0.2) is 0 Å². The molecule has 0 aromatic heterocycles. The monoisotopic (exact) mass is 284 g/mol. The van der Waals surface area contributed by atoms with Crippen molar-refractivity contribution in [1.29, 1.82) is 0 Å². The number of rotatable bonds is 5. The number of hydrogen-bond donors (Lipinski definition) is 1. The van der Waals surface area contributed by atoms with Crippen molar-refractivity contribution in [1.82, 2.24) is 14.7 Å². The Morgan fingerprint density at radius 1 is 1.20 bits per heavy atom. The second kappa shape index (κ2) is 7.04. The Bertz CT molecular complexity index is 345. The molecule has 6 heteroatoms. The maximum atomic E-state index is 12.5. The zero-order valence-corrected chi connectivity index (χ0v) is 13.2. The van der Waals surface area contributed by atoms with Crippen LogP contribution in [0.3, 0.4) is 0 Å². The highest BCUT2D eigenvalue weighted by Crippen LogP contribution is 2.23. The SMILES string of the molecule is CCC(C)(CN)C(=O)N1CCN(CC(=O)N(C)C)CC1. The van der Waals surface area contributed by atoms with E-state index in [1.165, 1.54) is 0 Å². The number of likely N-dealkylation sites (N-methyl/N-ethyl adjacent to an activating group) is 1. The molecule has 1 aliphatic heterocycles. The van der Waals surface area contributed by atoms with E-state index in [4.69, 9.17) is 5.73 Å². The van der Waals surface area contributed by atoms with E-state index < -0.39 is 5.41 Å². The van der Waals surface area contributed by atoms with Gasteiger partial charge in [0.1, 0.15) is 0 Å². The summed E-state index contributed by atoms with van der Waals surface area (Å²) in [6.45, 7) is 7.57. The van der Waals surface area contributed by atoms with Gasteiger partial charge in [0, 0.05) is 46.8 Å². The van der Waals surface area contributed by atoms with Gasteiger partial charge in [-0.25, -0.2) is 0 Å². The highest BCUT2D eigenvalue weighted by molar-refractivity contribution is 5.82. The Hall–Kier alpha value is -1.14. The predicted molar refractivity (Wildman–Crippen MR) is 79.2 cm³/mol. The van der Waals surface area contributed by atoms with Gasteiger partial charge < -0.3 is 15.5 Å². The number of carbonyl (C=O) groups excluding carboxylic acids is 2. The predicted octanol–water partition coefficient (Wildman–Crippen LogP) is -0.406. The lowest BCUT2D eigenvalue weighted by molar-refractivity contribution is -0.143. The van der Waals surface area contributed by atoms with Gasteiger partial charge in [0.2, 0.25) is 11.8 Å². The van der Waals surface area contributed by atoms with E-state index in [1.54, 1.807) is 19.0 Å². The van der Waals surface area contributed by atoms with Gasteiger partial charge in [0.25, 0.3) is 0 Å². The van der Waals surface area contributed by atoms with Gasteiger partial charge in [-0.3, -0.25) is 14.5 Å². The Morgan fingerprint density at radius 2 is 1.75 bits per heavy atom. The number of piperazine rings is 1. The van der Waals surface area contributed by atoms with Crippen molar-refractivity contribution < 1.29 is 9.59 Å². The van der Waals surface area contributed by atoms with Gasteiger partial charge in [-0.15, -0.1) is 0 Å². The van der Waals surface area contributed by atoms with Crippen LogP contribution in [0.2, 0.25) is 0 Å². The Labute approximate surface area is 121 Å². The van der Waals surface area contributed by atoms with E-state index in [0.29, 0.717) is 26.2 Å². The van der Waals surface area contributed by atoms with Crippen LogP contribution in [0, 0.1) is 5.41 Å². The van der Waals surface area contributed by atoms with Crippen LogP contribution < -0.4 is 5.73 Å². The molecule has 1 rings (SSSR count). The first-order chi connectivity index (χ1) is 9.34. The molecule has 1 saturated heterocycles. The van der Waals surface area contributed by atoms with E-state index >= 15 is 0 Å². The van der Waals surface area contributed by atoms with Gasteiger partial charge >= 0.3 is 0 Å². The molecule has 0 spiro atoms. The quantitative estimate of drug-likeness (QED) is 0.745. The zero-order chi connectivity index (χ0) is 15.3. The molecule has 0 aromatic rings. The topological polar surface area (TPSA) is 69.9 Å². The minimum absolute atomic E-state index is 0.102. The molecule has 2 N–H and O–H groups in total. The zero-order valence-electron chi connectivity index (χ0n) is 13.2. The molecular weight excluding hydrogens is 256 g/mol. The van der Waals surface area contributed by atoms with Crippen molar-refractivity contribution in [3.63, 3.8) is 0 Å². The van der Waals surface area contributed by atoms with Crippen LogP contribution in [0.25, 0.3) is 0 Å². The lowest BCUT2D eigenvalue weighted by Gasteiger charge is -2.39. The second-order valence-corrected chi connectivity index (χ2v) is 5.97. The highest BCUT2D eigenvalue weighted by atomic mass is 16.2. The third kappa shape index (κ3) is 3.93. The van der Waals surface area contributed by atoms with E-state index in [0.717, 1.165) is 19.5 Å². The Morgan fingerprint density at radius 3 is 2.15 bits per heavy atom. The van der Waals surface area contributed by atoms with Crippen molar-refractivity contribution in [2.75, 3.05) is 53.4 Å². The second-order valence-electron chi connectivity index (χ2n) is 5.97. The summed E-state index contributed by atoms with van der Waals surface area (Å²) in [4.78, 5) is 29.7. The Balaban J connectivity index is 2.50. The van der Waals surface area contributed by atoms with Crippen LogP contribution in [-0.4, -0.2) is 79.9 Å². The minimum atomic E-state index is -0.457. The normalized spacial score (nSPS) is 19.6. The molecule has 1 heterocycles. The molecule has 1 atom stereocenters. The molecule has 1 aliphatic rings. The van der Waals surface area contributed by atoms with Crippen LogP contribution in [0.4, 0.5) is 0 Å². The molecule has 1 unspecified atom stereocenters. The molecule has 0 aromatic carbocycles. The molecule has 2 amide bonds. The van der Waals surface area contributed by atoms with Gasteiger partial charge in [-0.05, 0) is 13.3 Å². The van der Waals surface area contributed by atoms with E-state index in [-0.39, 0.29) is 11.8 Å². The molecule has 116 valence electrons. The number of hydrogen-bond acceptors (Lipinski definition) is 4. The average Bonchev–Trinajstić information content (AvgIpc) is 2.46. The number of amides is 2.